The van der Waals surface area contributed by atoms with Crippen molar-refractivity contribution in [2.24, 2.45) is 0 Å². The number of fused-ring (bicyclic) bond motifs is 1. The fraction of sp³-hybridized carbons (Fsp3) is 0.333. The zero-order valence-corrected chi connectivity index (χ0v) is 17.9. The molecule has 2 N–H and O–H groups in total. The molecule has 168 valence electrons. The van der Waals surface area contributed by atoms with Crippen LogP contribution in [0.5, 0.6) is 11.5 Å². The summed E-state index contributed by atoms with van der Waals surface area (Å²) in [6.45, 7) is 4.54. The van der Waals surface area contributed by atoms with Gasteiger partial charge >= 0.3 is 5.97 Å². The van der Waals surface area contributed by atoms with Crippen LogP contribution in [0.4, 0.5) is 0 Å². The highest BCUT2D eigenvalue weighted by Gasteiger charge is 2.32. The lowest BCUT2D eigenvalue weighted by Crippen LogP contribution is -2.46. The average molecular weight is 438 g/mol. The van der Waals surface area contributed by atoms with Crippen LogP contribution in [0.1, 0.15) is 31.8 Å². The molecule has 8 heteroatoms. The Balaban J connectivity index is 1.52. The number of piperazine rings is 1. The number of ether oxygens (including phenoxy) is 2. The van der Waals surface area contributed by atoms with E-state index >= 15 is 0 Å². The van der Waals surface area contributed by atoms with Crippen LogP contribution in [-0.4, -0.2) is 78.2 Å². The number of β-amino-alcohol motifs (C(OH)–C–C–N with tert-alkyl or cyclic N) is 1. The fourth-order valence-electron chi connectivity index (χ4n) is 3.97. The minimum Gasteiger partial charge on any atom is -0.507 e. The monoisotopic (exact) mass is 438 g/mol. The number of hydrogen-bond donors (Lipinski definition) is 2. The van der Waals surface area contributed by atoms with E-state index in [0.29, 0.717) is 41.1 Å². The number of phenolic OH excluding ortho intramolecular Hbond substituents is 1. The van der Waals surface area contributed by atoms with E-state index in [1.807, 2.05) is 0 Å². The van der Waals surface area contributed by atoms with Crippen LogP contribution < -0.4 is 4.74 Å². The molecule has 0 amide bonds. The molecule has 2 heterocycles. The molecule has 32 heavy (non-hydrogen) atoms. The number of allylic oxidation sites excluding steroid dienone is 1. The Bertz CT molecular complexity index is 1040. The van der Waals surface area contributed by atoms with Crippen molar-refractivity contribution in [1.82, 2.24) is 9.80 Å². The maximum absolute atomic E-state index is 12.9. The molecule has 4 rings (SSSR count). The van der Waals surface area contributed by atoms with Gasteiger partial charge in [0.15, 0.2) is 5.76 Å². The topological polar surface area (TPSA) is 99.5 Å². The molecule has 0 saturated carbocycles. The van der Waals surface area contributed by atoms with E-state index in [0.717, 1.165) is 26.2 Å². The number of aliphatic hydroxyl groups is 1. The first-order chi connectivity index (χ1) is 15.5. The molecule has 1 saturated heterocycles. The van der Waals surface area contributed by atoms with Crippen molar-refractivity contribution < 1.29 is 29.3 Å². The Morgan fingerprint density at radius 3 is 2.44 bits per heavy atom. The summed E-state index contributed by atoms with van der Waals surface area (Å²) in [6, 6.07) is 9.78. The second-order valence-electron chi connectivity index (χ2n) is 7.83. The van der Waals surface area contributed by atoms with Crippen molar-refractivity contribution in [2.75, 3.05) is 46.4 Å². The lowest BCUT2D eigenvalue weighted by molar-refractivity contribution is 0.0600. The van der Waals surface area contributed by atoms with Crippen LogP contribution in [0, 0.1) is 0 Å². The molecule has 2 aromatic carbocycles. The number of hydrogen-bond acceptors (Lipinski definition) is 8. The van der Waals surface area contributed by atoms with Crippen LogP contribution in [0.25, 0.3) is 6.08 Å². The van der Waals surface area contributed by atoms with Gasteiger partial charge in [-0.3, -0.25) is 14.6 Å². The summed E-state index contributed by atoms with van der Waals surface area (Å²) in [6.07, 6.45) is 1.62. The quantitative estimate of drug-likeness (QED) is 0.521. The van der Waals surface area contributed by atoms with E-state index in [-0.39, 0.29) is 23.9 Å². The Hall–Kier alpha value is -3.20. The fourth-order valence-corrected chi connectivity index (χ4v) is 3.97. The number of Topliss-reactive ketones (excluding diaryl/α,β-unsaturated/α-hetero) is 1. The van der Waals surface area contributed by atoms with Crippen molar-refractivity contribution in [3.8, 4) is 11.5 Å². The van der Waals surface area contributed by atoms with E-state index in [2.05, 4.69) is 9.80 Å². The van der Waals surface area contributed by atoms with E-state index in [1.165, 1.54) is 13.2 Å². The normalized spacial score (nSPS) is 17.9. The number of rotatable bonds is 6. The molecule has 2 aliphatic rings. The molecule has 0 aromatic heterocycles. The number of esters is 1. The van der Waals surface area contributed by atoms with Crippen LogP contribution in [0.15, 0.2) is 42.2 Å². The predicted molar refractivity (Wildman–Crippen MR) is 118 cm³/mol. The van der Waals surface area contributed by atoms with Gasteiger partial charge in [0.25, 0.3) is 0 Å². The molecule has 0 aliphatic carbocycles. The first kappa shape index (κ1) is 22.0. The SMILES string of the molecule is COC(=O)c1ccc(C=C2Oc3c(ccc(O)c3CN3CCN(CCO)CC3)C2=O)cc1. The number of ketones is 1. The number of phenols is 1. The Morgan fingerprint density at radius 2 is 1.78 bits per heavy atom. The highest BCUT2D eigenvalue weighted by molar-refractivity contribution is 6.15. The minimum atomic E-state index is -0.429. The van der Waals surface area contributed by atoms with Crippen molar-refractivity contribution in [3.63, 3.8) is 0 Å². The maximum atomic E-state index is 12.9. The Labute approximate surface area is 186 Å². The van der Waals surface area contributed by atoms with Crippen LogP contribution in [-0.2, 0) is 11.3 Å². The summed E-state index contributed by atoms with van der Waals surface area (Å²) < 4.78 is 10.6. The summed E-state index contributed by atoms with van der Waals surface area (Å²) in [5.41, 5.74) is 2.15. The number of nitrogens with zero attached hydrogens (tertiary/aromatic N) is 2. The molecule has 2 aliphatic heterocycles. The maximum Gasteiger partial charge on any atom is 0.337 e. The number of benzene rings is 2. The third-order valence-corrected chi connectivity index (χ3v) is 5.81. The Kier molecular flexibility index (Phi) is 6.55. The van der Waals surface area contributed by atoms with Gasteiger partial charge in [0.05, 0.1) is 30.4 Å². The van der Waals surface area contributed by atoms with Gasteiger partial charge in [0.2, 0.25) is 5.78 Å². The molecule has 0 atom stereocenters. The standard InChI is InChI=1S/C24H26N2O6/c1-31-24(30)17-4-2-16(3-5-17)14-21-22(29)18-6-7-20(28)19(23(18)32-21)15-26-10-8-25(9-11-26)12-13-27/h2-7,14,27-28H,8-13,15H2,1H3. The largest absolute Gasteiger partial charge is 0.507 e. The first-order valence-corrected chi connectivity index (χ1v) is 10.5. The average Bonchev–Trinajstić information content (AvgIpc) is 3.12. The summed E-state index contributed by atoms with van der Waals surface area (Å²) in [7, 11) is 1.32. The van der Waals surface area contributed by atoms with E-state index < -0.39 is 5.97 Å². The van der Waals surface area contributed by atoms with Gasteiger partial charge in [0, 0.05) is 39.3 Å². The summed E-state index contributed by atoms with van der Waals surface area (Å²) in [4.78, 5) is 28.9. The summed E-state index contributed by atoms with van der Waals surface area (Å²) in [5.74, 6) is -0.0122. The lowest BCUT2D eigenvalue weighted by Gasteiger charge is -2.34. The molecular formula is C24H26N2O6. The van der Waals surface area contributed by atoms with Crippen LogP contribution in [0.2, 0.25) is 0 Å². The van der Waals surface area contributed by atoms with Gasteiger partial charge in [-0.15, -0.1) is 0 Å². The number of carbonyl (C=O) groups is 2. The minimum absolute atomic E-state index is 0.0954. The van der Waals surface area contributed by atoms with E-state index in [4.69, 9.17) is 14.6 Å². The molecule has 0 radical (unpaired) electrons. The third kappa shape index (κ3) is 4.52. The number of methoxy groups -OCH3 is 1. The zero-order chi connectivity index (χ0) is 22.7. The van der Waals surface area contributed by atoms with E-state index in [1.54, 1.807) is 36.4 Å². The van der Waals surface area contributed by atoms with Crippen molar-refractivity contribution in [3.05, 3.63) is 64.4 Å². The molecule has 1 fully saturated rings. The molecule has 2 aromatic rings. The van der Waals surface area contributed by atoms with Gasteiger partial charge in [-0.2, -0.15) is 0 Å². The second kappa shape index (κ2) is 9.52. The van der Waals surface area contributed by atoms with Gasteiger partial charge in [-0.25, -0.2) is 4.79 Å². The van der Waals surface area contributed by atoms with Crippen molar-refractivity contribution in [2.45, 2.75) is 6.54 Å². The summed E-state index contributed by atoms with van der Waals surface area (Å²) >= 11 is 0. The van der Waals surface area contributed by atoms with Crippen molar-refractivity contribution >= 4 is 17.8 Å². The number of aliphatic hydroxyl groups excluding tert-OH is 1. The van der Waals surface area contributed by atoms with Gasteiger partial charge < -0.3 is 19.7 Å². The van der Waals surface area contributed by atoms with Crippen molar-refractivity contribution in [1.29, 1.82) is 0 Å². The molecule has 0 spiro atoms. The number of aromatic hydroxyl groups is 1. The molecular weight excluding hydrogens is 412 g/mol. The highest BCUT2D eigenvalue weighted by atomic mass is 16.5. The zero-order valence-electron chi connectivity index (χ0n) is 17.9. The smallest absolute Gasteiger partial charge is 0.337 e. The molecule has 8 nitrogen and oxygen atoms in total. The van der Waals surface area contributed by atoms with Crippen LogP contribution in [0.3, 0.4) is 0 Å². The third-order valence-electron chi connectivity index (χ3n) is 5.81. The predicted octanol–water partition coefficient (Wildman–Crippen LogP) is 1.90. The van der Waals surface area contributed by atoms with E-state index in [9.17, 15) is 14.7 Å². The number of carbonyl (C=O) groups excluding carboxylic acids is 2. The lowest BCUT2D eigenvalue weighted by atomic mass is 10.0. The molecule has 0 unspecified atom stereocenters. The van der Waals surface area contributed by atoms with Crippen LogP contribution >= 0.6 is 0 Å². The van der Waals surface area contributed by atoms with Gasteiger partial charge in [-0.1, -0.05) is 12.1 Å². The first-order valence-electron chi connectivity index (χ1n) is 10.5. The highest BCUT2D eigenvalue weighted by Crippen LogP contribution is 2.40. The molecule has 0 bridgehead atoms. The second-order valence-corrected chi connectivity index (χ2v) is 7.83. The Morgan fingerprint density at radius 1 is 1.09 bits per heavy atom. The van der Waals surface area contributed by atoms with Gasteiger partial charge in [-0.05, 0) is 35.9 Å². The summed E-state index contributed by atoms with van der Waals surface area (Å²) in [5, 5.41) is 19.6. The van der Waals surface area contributed by atoms with Gasteiger partial charge in [0.1, 0.15) is 11.5 Å².